The number of aromatic hydroxyl groups is 1. The molecule has 0 aliphatic heterocycles. The Morgan fingerprint density at radius 1 is 0.881 bits per heavy atom. The fraction of sp³-hybridized carbons (Fsp3) is 0.219. The molecular formula is C32H26N2O8. The Morgan fingerprint density at radius 2 is 1.55 bits per heavy atom. The van der Waals surface area contributed by atoms with Crippen LogP contribution in [0.15, 0.2) is 60.4 Å². The van der Waals surface area contributed by atoms with Crippen molar-refractivity contribution in [1.82, 2.24) is 4.98 Å². The van der Waals surface area contributed by atoms with E-state index >= 15 is 0 Å². The first-order valence-corrected chi connectivity index (χ1v) is 13.4. The number of aromatic nitrogens is 1. The lowest BCUT2D eigenvalue weighted by molar-refractivity contribution is 0.362. The van der Waals surface area contributed by atoms with Gasteiger partial charge in [0, 0.05) is 23.4 Å². The van der Waals surface area contributed by atoms with E-state index in [0.29, 0.717) is 16.6 Å². The van der Waals surface area contributed by atoms with Gasteiger partial charge in [-0.1, -0.05) is 24.3 Å². The number of nitrogens with one attached hydrogen (secondary N) is 2. The SMILES string of the molecule is C/C=C/C=C/c1cc2cc3c(c(O)c2c(=O)[nH]1)[C@@]1(CC3)C(O)=c2c(=O)c3c(=O)cc(NC(C)C)c(=O)c=3c(=O)c2=C1O. The third-order valence-corrected chi connectivity index (χ3v) is 8.11. The number of hydrogen-bond acceptors (Lipinski definition) is 9. The molecule has 1 heterocycles. The van der Waals surface area contributed by atoms with Crippen molar-refractivity contribution in [3.8, 4) is 5.75 Å². The van der Waals surface area contributed by atoms with Crippen LogP contribution in [0.1, 0.15) is 44.0 Å². The predicted octanol–water partition coefficient (Wildman–Crippen LogP) is 0.915. The minimum Gasteiger partial charge on any atom is -0.510 e. The van der Waals surface area contributed by atoms with Crippen molar-refractivity contribution in [2.75, 3.05) is 5.32 Å². The highest BCUT2D eigenvalue weighted by molar-refractivity contribution is 5.94. The fourth-order valence-electron chi connectivity index (χ4n) is 6.42. The predicted molar refractivity (Wildman–Crippen MR) is 159 cm³/mol. The lowest BCUT2D eigenvalue weighted by atomic mass is 9.78. The Hall–Kier alpha value is -5.25. The van der Waals surface area contributed by atoms with Gasteiger partial charge in [0.15, 0.2) is 5.43 Å². The zero-order valence-corrected chi connectivity index (χ0v) is 22.9. The number of rotatable bonds is 4. The number of aliphatic hydroxyl groups excluding tert-OH is 2. The van der Waals surface area contributed by atoms with Crippen LogP contribution in [0.3, 0.4) is 0 Å². The van der Waals surface area contributed by atoms with Crippen LogP contribution in [0.5, 0.6) is 5.75 Å². The normalized spacial score (nSPS) is 18.0. The molecule has 1 atom stereocenters. The van der Waals surface area contributed by atoms with Crippen molar-refractivity contribution in [1.29, 1.82) is 0 Å². The summed E-state index contributed by atoms with van der Waals surface area (Å²) in [6.07, 6.45) is 7.19. The lowest BCUT2D eigenvalue weighted by Crippen LogP contribution is -2.52. The van der Waals surface area contributed by atoms with E-state index < -0.39 is 70.8 Å². The summed E-state index contributed by atoms with van der Waals surface area (Å²) < 4.78 is 0. The van der Waals surface area contributed by atoms with Gasteiger partial charge >= 0.3 is 0 Å². The third-order valence-electron chi connectivity index (χ3n) is 8.11. The van der Waals surface area contributed by atoms with E-state index in [1.165, 1.54) is 0 Å². The van der Waals surface area contributed by atoms with Crippen molar-refractivity contribution >= 4 is 34.1 Å². The molecule has 4 aliphatic carbocycles. The second-order valence-corrected chi connectivity index (χ2v) is 11.0. The van der Waals surface area contributed by atoms with Crippen molar-refractivity contribution in [2.45, 2.75) is 45.1 Å². The monoisotopic (exact) mass is 566 g/mol. The molecule has 10 nitrogen and oxygen atoms in total. The molecule has 0 radical (unpaired) electrons. The summed E-state index contributed by atoms with van der Waals surface area (Å²) in [7, 11) is 0. The average molecular weight is 567 g/mol. The van der Waals surface area contributed by atoms with Crippen molar-refractivity contribution in [3.63, 3.8) is 0 Å². The molecule has 10 heteroatoms. The number of pyridine rings is 1. The maximum absolute atomic E-state index is 13.7. The number of anilines is 1. The molecule has 1 aromatic heterocycles. The number of H-pyrrole nitrogens is 1. The number of fused-ring (bicyclic) bond motifs is 4. The molecule has 5 N–H and O–H groups in total. The quantitative estimate of drug-likeness (QED) is 0.225. The van der Waals surface area contributed by atoms with Crippen LogP contribution in [0.4, 0.5) is 5.69 Å². The minimum absolute atomic E-state index is 0.0152. The first kappa shape index (κ1) is 26.9. The highest BCUT2D eigenvalue weighted by atomic mass is 16.3. The van der Waals surface area contributed by atoms with E-state index in [4.69, 9.17) is 0 Å². The van der Waals surface area contributed by atoms with Gasteiger partial charge in [-0.15, -0.1) is 0 Å². The van der Waals surface area contributed by atoms with Crippen LogP contribution in [-0.4, -0.2) is 26.3 Å². The van der Waals surface area contributed by atoms with E-state index in [0.717, 1.165) is 6.07 Å². The summed E-state index contributed by atoms with van der Waals surface area (Å²) in [6, 6.07) is 4.01. The number of aliphatic hydroxyl groups is 2. The Bertz CT molecular complexity index is 2410. The second-order valence-electron chi connectivity index (χ2n) is 11.0. The molecule has 2 aromatic rings. The summed E-state index contributed by atoms with van der Waals surface area (Å²) in [4.78, 5) is 69.4. The smallest absolute Gasteiger partial charge is 0.260 e. The number of hydrogen-bond donors (Lipinski definition) is 5. The topological polar surface area (TPSA) is 174 Å². The largest absolute Gasteiger partial charge is 0.510 e. The molecule has 42 heavy (non-hydrogen) atoms. The zero-order valence-electron chi connectivity index (χ0n) is 22.9. The van der Waals surface area contributed by atoms with Gasteiger partial charge in [0.25, 0.3) is 5.56 Å². The van der Waals surface area contributed by atoms with Gasteiger partial charge in [0.05, 0.1) is 31.9 Å². The third kappa shape index (κ3) is 3.41. The summed E-state index contributed by atoms with van der Waals surface area (Å²) in [6.45, 7) is 5.30. The number of phenols is 1. The molecular weight excluding hydrogens is 540 g/mol. The number of aryl methyl sites for hydroxylation is 1. The maximum atomic E-state index is 13.7. The molecule has 0 amide bonds. The van der Waals surface area contributed by atoms with Gasteiger partial charge in [-0.25, -0.2) is 0 Å². The van der Waals surface area contributed by atoms with Crippen molar-refractivity contribution < 1.29 is 15.3 Å². The Kier molecular flexibility index (Phi) is 5.86. The molecule has 0 saturated heterocycles. The fourth-order valence-corrected chi connectivity index (χ4v) is 6.42. The molecule has 1 aromatic carbocycles. The molecule has 4 aliphatic rings. The molecule has 1 spiro atoms. The van der Waals surface area contributed by atoms with Gasteiger partial charge < -0.3 is 25.6 Å². The zero-order chi connectivity index (χ0) is 30.2. The summed E-state index contributed by atoms with van der Waals surface area (Å²) in [5.74, 6) is -1.95. The standard InChI is InChI=1S/C32H26N2O8/c1-4-5-6-7-16-11-15-10-14-8-9-32(24(14)28(39)19(15)31(42)34-16)29(40)22-23(30(32)41)27(38)21-20(26(22)37)18(35)12-17(25(21)36)33-13(2)3/h4-7,10-13,33,39-41H,8-9H2,1-3H3,(H,34,42)/b5-4+,7-6+/t32-/m0/s1. The molecule has 0 fully saturated rings. The highest BCUT2D eigenvalue weighted by Crippen LogP contribution is 2.54. The lowest BCUT2D eigenvalue weighted by Gasteiger charge is -2.27. The van der Waals surface area contributed by atoms with Crippen molar-refractivity contribution in [2.24, 2.45) is 0 Å². The molecule has 212 valence electrons. The average Bonchev–Trinajstić information content (AvgIpc) is 3.41. The van der Waals surface area contributed by atoms with E-state index in [-0.39, 0.29) is 35.5 Å². The van der Waals surface area contributed by atoms with Gasteiger partial charge in [-0.3, -0.25) is 24.0 Å². The Morgan fingerprint density at radius 3 is 2.19 bits per heavy atom. The van der Waals surface area contributed by atoms with Crippen LogP contribution < -0.4 is 43.0 Å². The number of benzene rings is 1. The van der Waals surface area contributed by atoms with Crippen LogP contribution in [0, 0.1) is 10.4 Å². The van der Waals surface area contributed by atoms with Gasteiger partial charge in [0.1, 0.15) is 22.7 Å². The molecule has 6 rings (SSSR count). The molecule has 0 unspecified atom stereocenters. The van der Waals surface area contributed by atoms with Crippen LogP contribution in [0.2, 0.25) is 0 Å². The van der Waals surface area contributed by atoms with E-state index in [1.807, 2.05) is 13.0 Å². The number of phenolic OH excluding ortho intramolecular Hbond substituents is 1. The van der Waals surface area contributed by atoms with E-state index in [2.05, 4.69) is 10.3 Å². The van der Waals surface area contributed by atoms with Gasteiger partial charge in [0.2, 0.25) is 16.3 Å². The van der Waals surface area contributed by atoms with Crippen LogP contribution >= 0.6 is 0 Å². The van der Waals surface area contributed by atoms with Crippen LogP contribution in [0.25, 0.3) is 28.4 Å². The Balaban J connectivity index is 1.72. The first-order chi connectivity index (χ1) is 19.9. The second kappa shape index (κ2) is 9.13. The summed E-state index contributed by atoms with van der Waals surface area (Å²) in [5, 5.41) is 35.2. The summed E-state index contributed by atoms with van der Waals surface area (Å²) in [5.41, 5.74) is -5.63. The Labute approximate surface area is 235 Å². The molecule has 0 saturated carbocycles. The maximum Gasteiger partial charge on any atom is 0.260 e. The summed E-state index contributed by atoms with van der Waals surface area (Å²) >= 11 is 0. The minimum atomic E-state index is -1.92. The highest BCUT2D eigenvalue weighted by Gasteiger charge is 2.53. The van der Waals surface area contributed by atoms with Crippen LogP contribution in [-0.2, 0) is 11.8 Å². The van der Waals surface area contributed by atoms with Gasteiger partial charge in [-0.05, 0) is 56.7 Å². The first-order valence-electron chi connectivity index (χ1n) is 13.4. The number of allylic oxidation sites excluding steroid dienone is 3. The van der Waals surface area contributed by atoms with Crippen molar-refractivity contribution in [3.05, 3.63) is 125 Å². The van der Waals surface area contributed by atoms with E-state index in [9.17, 15) is 39.3 Å². The van der Waals surface area contributed by atoms with E-state index in [1.54, 1.807) is 44.2 Å². The molecule has 0 bridgehead atoms. The van der Waals surface area contributed by atoms with Gasteiger partial charge in [-0.2, -0.15) is 0 Å². The number of aromatic amines is 1.